The minimum absolute atomic E-state index is 0.0874. The number of carbonyl (C=O) groups excluding carboxylic acids is 2. The lowest BCUT2D eigenvalue weighted by Gasteiger charge is -2.20. The topological polar surface area (TPSA) is 118 Å². The number of carboxylic acid groups (broad SMARTS) is 1. The summed E-state index contributed by atoms with van der Waals surface area (Å²) in [6.45, 7) is 3.71. The predicted octanol–water partition coefficient (Wildman–Crippen LogP) is 4.67. The van der Waals surface area contributed by atoms with Gasteiger partial charge in [0.1, 0.15) is 12.6 Å². The van der Waals surface area contributed by atoms with Gasteiger partial charge < -0.3 is 15.2 Å². The van der Waals surface area contributed by atoms with Crippen LogP contribution in [0.3, 0.4) is 0 Å². The minimum atomic E-state index is -1.13. The Balaban J connectivity index is 1.45. The number of amides is 2. The fraction of sp³-hybridized carbons (Fsp3) is 0.259. The van der Waals surface area contributed by atoms with Gasteiger partial charge in [0, 0.05) is 12.1 Å². The summed E-state index contributed by atoms with van der Waals surface area (Å²) in [6.07, 6.45) is 1.24. The van der Waals surface area contributed by atoms with Crippen LogP contribution in [0.5, 0.6) is 0 Å². The third-order valence-corrected chi connectivity index (χ3v) is 6.37. The summed E-state index contributed by atoms with van der Waals surface area (Å²) in [5.74, 6) is -2.20. The van der Waals surface area contributed by atoms with Gasteiger partial charge in [-0.05, 0) is 40.3 Å². The first-order valence-corrected chi connectivity index (χ1v) is 11.5. The molecule has 0 radical (unpaired) electrons. The molecule has 35 heavy (non-hydrogen) atoms. The van der Waals surface area contributed by atoms with Crippen LogP contribution in [0, 0.1) is 5.92 Å². The van der Waals surface area contributed by atoms with Crippen LogP contribution in [-0.4, -0.2) is 40.7 Å². The maximum absolute atomic E-state index is 12.8. The average Bonchev–Trinajstić information content (AvgIpc) is 3.19. The second kappa shape index (κ2) is 10.4. The monoisotopic (exact) mass is 473 g/mol. The molecule has 2 aromatic carbocycles. The Morgan fingerprint density at radius 1 is 1.00 bits per heavy atom. The van der Waals surface area contributed by atoms with Crippen LogP contribution in [0.2, 0.25) is 0 Å². The van der Waals surface area contributed by atoms with E-state index in [-0.39, 0.29) is 29.8 Å². The molecule has 0 saturated heterocycles. The Morgan fingerprint density at radius 3 is 2.23 bits per heavy atom. The maximum atomic E-state index is 12.8. The molecule has 1 aliphatic rings. The summed E-state index contributed by atoms with van der Waals surface area (Å²) in [4.78, 5) is 41.1. The molecule has 4 rings (SSSR count). The molecule has 1 aliphatic carbocycles. The molecule has 1 aromatic heterocycles. The summed E-state index contributed by atoms with van der Waals surface area (Å²) in [6, 6.07) is 18.1. The van der Waals surface area contributed by atoms with Gasteiger partial charge in [-0.3, -0.25) is 10.1 Å². The molecule has 0 aliphatic heterocycles. The summed E-state index contributed by atoms with van der Waals surface area (Å²) in [5.41, 5.74) is 4.47. The highest BCUT2D eigenvalue weighted by atomic mass is 16.5. The molecule has 8 nitrogen and oxygen atoms in total. The van der Waals surface area contributed by atoms with Gasteiger partial charge in [0.05, 0.1) is 5.69 Å². The number of nitrogens with one attached hydrogen (secondary N) is 2. The molecule has 2 unspecified atom stereocenters. The van der Waals surface area contributed by atoms with Crippen molar-refractivity contribution in [3.05, 3.63) is 83.7 Å². The fourth-order valence-corrected chi connectivity index (χ4v) is 4.32. The van der Waals surface area contributed by atoms with E-state index in [4.69, 9.17) is 4.74 Å². The van der Waals surface area contributed by atoms with Crippen LogP contribution >= 0.6 is 0 Å². The SMILES string of the molecule is CCC(C)C(NC(=O)c1ncccc1NC(=O)OCC1c2ccccc2-c2ccccc21)C(=O)O. The van der Waals surface area contributed by atoms with Gasteiger partial charge in [-0.1, -0.05) is 68.8 Å². The number of hydrogen-bond donors (Lipinski definition) is 3. The van der Waals surface area contributed by atoms with E-state index in [9.17, 15) is 19.5 Å². The Kier molecular flexibility index (Phi) is 7.10. The second-order valence-electron chi connectivity index (χ2n) is 8.53. The van der Waals surface area contributed by atoms with Gasteiger partial charge in [0.25, 0.3) is 5.91 Å². The van der Waals surface area contributed by atoms with Gasteiger partial charge in [0.2, 0.25) is 0 Å². The third kappa shape index (κ3) is 5.01. The Hall–Kier alpha value is -4.20. The van der Waals surface area contributed by atoms with Crippen molar-refractivity contribution in [2.24, 2.45) is 5.92 Å². The fourth-order valence-electron chi connectivity index (χ4n) is 4.32. The molecule has 180 valence electrons. The van der Waals surface area contributed by atoms with E-state index in [1.165, 1.54) is 12.3 Å². The third-order valence-electron chi connectivity index (χ3n) is 6.37. The molecule has 3 aromatic rings. The molecule has 1 heterocycles. The number of aliphatic carboxylic acids is 1. The number of anilines is 1. The number of rotatable bonds is 8. The van der Waals surface area contributed by atoms with E-state index in [0.717, 1.165) is 22.3 Å². The quantitative estimate of drug-likeness (QED) is 0.438. The first-order valence-electron chi connectivity index (χ1n) is 11.5. The standard InChI is InChI=1S/C27H27N3O5/c1-3-16(2)23(26(32)33)30-25(31)24-22(13-8-14-28-24)29-27(34)35-15-21-19-11-6-4-9-17(19)18-10-5-7-12-20(18)21/h4-14,16,21,23H,3,15H2,1-2H3,(H,29,34)(H,30,31)(H,32,33). The zero-order valence-corrected chi connectivity index (χ0v) is 19.5. The predicted molar refractivity (Wildman–Crippen MR) is 131 cm³/mol. The molecule has 0 saturated carbocycles. The van der Waals surface area contributed by atoms with Crippen LogP contribution < -0.4 is 10.6 Å². The zero-order valence-electron chi connectivity index (χ0n) is 19.5. The molecular formula is C27H27N3O5. The highest BCUT2D eigenvalue weighted by Gasteiger charge is 2.30. The van der Waals surface area contributed by atoms with Gasteiger partial charge >= 0.3 is 12.1 Å². The minimum Gasteiger partial charge on any atom is -0.480 e. The lowest BCUT2D eigenvalue weighted by Crippen LogP contribution is -2.45. The molecule has 2 atom stereocenters. The molecule has 0 spiro atoms. The van der Waals surface area contributed by atoms with Gasteiger partial charge in [0.15, 0.2) is 5.69 Å². The van der Waals surface area contributed by atoms with Gasteiger partial charge in [-0.25, -0.2) is 14.6 Å². The van der Waals surface area contributed by atoms with Gasteiger partial charge in [-0.15, -0.1) is 0 Å². The zero-order chi connectivity index (χ0) is 24.9. The molecule has 0 fully saturated rings. The van der Waals surface area contributed by atoms with Crippen molar-refractivity contribution in [1.29, 1.82) is 0 Å². The van der Waals surface area contributed by atoms with E-state index in [0.29, 0.717) is 6.42 Å². The molecule has 2 amide bonds. The number of carbonyl (C=O) groups is 3. The van der Waals surface area contributed by atoms with E-state index < -0.39 is 24.0 Å². The van der Waals surface area contributed by atoms with Crippen molar-refractivity contribution in [2.45, 2.75) is 32.2 Å². The van der Waals surface area contributed by atoms with Gasteiger partial charge in [-0.2, -0.15) is 0 Å². The summed E-state index contributed by atoms with van der Waals surface area (Å²) < 4.78 is 5.55. The van der Waals surface area contributed by atoms with E-state index in [1.54, 1.807) is 13.0 Å². The van der Waals surface area contributed by atoms with Crippen molar-refractivity contribution in [2.75, 3.05) is 11.9 Å². The first-order chi connectivity index (χ1) is 16.9. The highest BCUT2D eigenvalue weighted by molar-refractivity contribution is 6.02. The van der Waals surface area contributed by atoms with E-state index >= 15 is 0 Å². The number of aromatic nitrogens is 1. The molecule has 0 bridgehead atoms. The highest BCUT2D eigenvalue weighted by Crippen LogP contribution is 2.44. The van der Waals surface area contributed by atoms with Crippen molar-refractivity contribution >= 4 is 23.7 Å². The maximum Gasteiger partial charge on any atom is 0.411 e. The second-order valence-corrected chi connectivity index (χ2v) is 8.53. The molecule has 8 heteroatoms. The lowest BCUT2D eigenvalue weighted by molar-refractivity contribution is -0.140. The summed E-state index contributed by atoms with van der Waals surface area (Å²) >= 11 is 0. The van der Waals surface area contributed by atoms with Crippen LogP contribution in [-0.2, 0) is 9.53 Å². The van der Waals surface area contributed by atoms with Crippen LogP contribution in [0.15, 0.2) is 66.9 Å². The number of ether oxygens (including phenoxy) is 1. The molecular weight excluding hydrogens is 446 g/mol. The number of hydrogen-bond acceptors (Lipinski definition) is 5. The number of pyridine rings is 1. The Morgan fingerprint density at radius 2 is 1.63 bits per heavy atom. The van der Waals surface area contributed by atoms with Crippen molar-refractivity contribution in [3.8, 4) is 11.1 Å². The number of fused-ring (bicyclic) bond motifs is 3. The van der Waals surface area contributed by atoms with Crippen LogP contribution in [0.1, 0.15) is 47.8 Å². The molecule has 3 N–H and O–H groups in total. The number of nitrogens with zero attached hydrogens (tertiary/aromatic N) is 1. The summed E-state index contributed by atoms with van der Waals surface area (Å²) in [7, 11) is 0. The number of benzene rings is 2. The Bertz CT molecular complexity index is 1210. The Labute approximate surface area is 203 Å². The summed E-state index contributed by atoms with van der Waals surface area (Å²) in [5, 5.41) is 14.6. The van der Waals surface area contributed by atoms with E-state index in [1.807, 2.05) is 43.3 Å². The van der Waals surface area contributed by atoms with Crippen molar-refractivity contribution in [3.63, 3.8) is 0 Å². The normalized spacial score (nSPS) is 13.8. The lowest BCUT2D eigenvalue weighted by atomic mass is 9.98. The first kappa shape index (κ1) is 23.9. The number of carboxylic acids is 1. The van der Waals surface area contributed by atoms with Crippen LogP contribution in [0.25, 0.3) is 11.1 Å². The van der Waals surface area contributed by atoms with Crippen molar-refractivity contribution in [1.82, 2.24) is 10.3 Å². The van der Waals surface area contributed by atoms with Crippen LogP contribution in [0.4, 0.5) is 10.5 Å². The smallest absolute Gasteiger partial charge is 0.411 e. The average molecular weight is 474 g/mol. The largest absolute Gasteiger partial charge is 0.480 e. The van der Waals surface area contributed by atoms with E-state index in [2.05, 4.69) is 27.8 Å². The van der Waals surface area contributed by atoms with Crippen molar-refractivity contribution < 1.29 is 24.2 Å².